The molecule has 9 nitrogen and oxygen atoms in total. The van der Waals surface area contributed by atoms with Crippen LogP contribution in [0.4, 0.5) is 10.0 Å². The summed E-state index contributed by atoms with van der Waals surface area (Å²) in [5, 5.41) is 20.5. The predicted molar refractivity (Wildman–Crippen MR) is 296 cm³/mol. The maximum absolute atomic E-state index is 13.9. The van der Waals surface area contributed by atoms with E-state index in [2.05, 4.69) is 214 Å². The van der Waals surface area contributed by atoms with Crippen LogP contribution < -0.4 is 9.80 Å². The summed E-state index contributed by atoms with van der Waals surface area (Å²) in [6.45, 7) is 37.1. The van der Waals surface area contributed by atoms with Gasteiger partial charge in [-0.25, -0.2) is 9.36 Å². The van der Waals surface area contributed by atoms with Crippen LogP contribution in [0.2, 0.25) is 0 Å². The number of carbonyl (C=O) groups excluding carboxylic acids is 1. The number of hydrogen-bond donors (Lipinski definition) is 0. The number of carbonyl (C=O) groups is 1. The Hall–Kier alpha value is -5.13. The summed E-state index contributed by atoms with van der Waals surface area (Å²) in [7, 11) is 4.31. The number of allylic oxidation sites excluding steroid dienone is 3. The van der Waals surface area contributed by atoms with Crippen LogP contribution >= 0.6 is 22.7 Å². The first-order valence-electron chi connectivity index (χ1n) is 25.4. The lowest BCUT2D eigenvalue weighted by Crippen LogP contribution is -2.17. The molecule has 0 fully saturated rings. The van der Waals surface area contributed by atoms with Crippen molar-refractivity contribution in [3.8, 4) is 0 Å². The summed E-state index contributed by atoms with van der Waals surface area (Å²) < 4.78 is 3.96. The Bertz CT molecular complexity index is 2760. The lowest BCUT2D eigenvalue weighted by molar-refractivity contribution is -0.115. The molecule has 1 atom stereocenters. The normalized spacial score (nSPS) is 14.9. The minimum Gasteiger partial charge on any atom is -0.367 e. The summed E-state index contributed by atoms with van der Waals surface area (Å²) in [5.74, 6) is -0.175. The standard InChI is InChI=1S/C59H80N8OS2/c1-39-53(49-23-25-51(69-49)64(15)27-19-17-21-47-37-66(62-60-47)35-41-29-43(56(3,4)5)33-44(30-41)57(6,7)8)40(2)55(68)54(39)50-24-26-52(70-50)65(16)28-20-18-22-48-38-67(63-61-48)36-42-31-45(58(9,10)11)34-46(32-42)59(12,13)14/h23-26,29-34,37-38,54H,2,17-22,27-28,35-36H2,1,3-16H3. The fourth-order valence-electron chi connectivity index (χ4n) is 9.20. The van der Waals surface area contributed by atoms with Crippen LogP contribution in [-0.2, 0) is 52.4 Å². The number of nitrogens with zero attached hydrogens (tertiary/aromatic N) is 8. The molecule has 0 N–H and O–H groups in total. The second kappa shape index (κ2) is 20.9. The number of benzene rings is 2. The first kappa shape index (κ1) is 52.7. The lowest BCUT2D eigenvalue weighted by Gasteiger charge is -2.26. The highest BCUT2D eigenvalue weighted by Gasteiger charge is 2.37. The summed E-state index contributed by atoms with van der Waals surface area (Å²) in [4.78, 5) is 20.7. The third-order valence-electron chi connectivity index (χ3n) is 13.8. The van der Waals surface area contributed by atoms with Crippen molar-refractivity contribution >= 4 is 44.0 Å². The Morgan fingerprint density at radius 3 is 1.43 bits per heavy atom. The van der Waals surface area contributed by atoms with Crippen LogP contribution in [0.3, 0.4) is 0 Å². The van der Waals surface area contributed by atoms with Gasteiger partial charge in [0, 0.05) is 60.5 Å². The molecule has 6 aromatic rings. The highest BCUT2D eigenvalue weighted by Crippen LogP contribution is 2.48. The third-order valence-corrected chi connectivity index (χ3v) is 16.3. The number of ketones is 1. The topological polar surface area (TPSA) is 85.0 Å². The molecule has 0 amide bonds. The molecule has 0 spiro atoms. The Morgan fingerprint density at radius 2 is 1.00 bits per heavy atom. The fraction of sp³-hybridized carbons (Fsp3) is 0.508. The van der Waals surface area contributed by atoms with E-state index in [1.165, 1.54) is 43.4 Å². The monoisotopic (exact) mass is 981 g/mol. The van der Waals surface area contributed by atoms with E-state index < -0.39 is 0 Å². The smallest absolute Gasteiger partial charge is 0.175 e. The van der Waals surface area contributed by atoms with Crippen LogP contribution in [0.15, 0.2) is 90.8 Å². The van der Waals surface area contributed by atoms with E-state index in [1.54, 1.807) is 22.7 Å². The van der Waals surface area contributed by atoms with E-state index >= 15 is 0 Å². The van der Waals surface area contributed by atoms with Crippen molar-refractivity contribution in [2.75, 3.05) is 37.0 Å². The van der Waals surface area contributed by atoms with Crippen molar-refractivity contribution < 1.29 is 4.79 Å². The molecule has 1 aliphatic carbocycles. The van der Waals surface area contributed by atoms with E-state index in [0.717, 1.165) is 83.9 Å². The van der Waals surface area contributed by atoms with Gasteiger partial charge in [0.1, 0.15) is 0 Å². The quantitative estimate of drug-likeness (QED) is 0.0626. The SMILES string of the molecule is C=C1C(=O)C(c2ccc(N(C)CCCCc3cn(Cc4cc(C(C)(C)C)cc(C(C)(C)C)c4)nn3)s2)C(C)=C1c1ccc(N(C)CCCCc2cn(Cc3cc(C(C)(C)C)cc(C(C)(C)C)c3)nn2)s1. The Kier molecular flexibility index (Phi) is 15.7. The number of Topliss-reactive ketones (excluding diaryl/α,β-unsaturated/α-hetero) is 1. The van der Waals surface area contributed by atoms with Crippen molar-refractivity contribution in [3.63, 3.8) is 0 Å². The average molecular weight is 981 g/mol. The van der Waals surface area contributed by atoms with Crippen LogP contribution in [0.25, 0.3) is 5.57 Å². The van der Waals surface area contributed by atoms with Crippen molar-refractivity contribution in [1.82, 2.24) is 30.0 Å². The summed E-state index contributed by atoms with van der Waals surface area (Å²) in [6.07, 6.45) is 10.1. The number of aromatic nitrogens is 6. The molecule has 7 rings (SSSR count). The van der Waals surface area contributed by atoms with Crippen molar-refractivity contribution in [2.45, 2.75) is 169 Å². The maximum Gasteiger partial charge on any atom is 0.175 e. The Balaban J connectivity index is 0.879. The minimum atomic E-state index is -0.288. The van der Waals surface area contributed by atoms with E-state index in [4.69, 9.17) is 0 Å². The minimum absolute atomic E-state index is 0.0747. The summed E-state index contributed by atoms with van der Waals surface area (Å²) in [6, 6.07) is 22.7. The number of aryl methyl sites for hydroxylation is 2. The molecule has 0 aliphatic heterocycles. The first-order chi connectivity index (χ1) is 32.7. The maximum atomic E-state index is 13.9. The summed E-state index contributed by atoms with van der Waals surface area (Å²) >= 11 is 3.47. The molecular weight excluding hydrogens is 901 g/mol. The molecule has 4 aromatic heterocycles. The molecule has 1 aliphatic rings. The highest BCUT2D eigenvalue weighted by molar-refractivity contribution is 7.17. The van der Waals surface area contributed by atoms with Gasteiger partial charge in [-0.15, -0.1) is 32.9 Å². The van der Waals surface area contributed by atoms with Gasteiger partial charge in [0.05, 0.1) is 40.4 Å². The molecule has 0 saturated carbocycles. The third kappa shape index (κ3) is 12.8. The van der Waals surface area contributed by atoms with E-state index in [1.807, 2.05) is 9.36 Å². The van der Waals surface area contributed by atoms with Crippen LogP contribution in [0.5, 0.6) is 0 Å². The zero-order chi connectivity index (χ0) is 50.9. The number of thiophene rings is 2. The molecule has 70 heavy (non-hydrogen) atoms. The second-order valence-electron chi connectivity index (χ2n) is 24.1. The fourth-order valence-corrected chi connectivity index (χ4v) is 11.5. The highest BCUT2D eigenvalue weighted by atomic mass is 32.1. The molecular formula is C59H80N8OS2. The summed E-state index contributed by atoms with van der Waals surface area (Å²) in [5.41, 5.74) is 13.0. The van der Waals surface area contributed by atoms with Gasteiger partial charge in [0.2, 0.25) is 0 Å². The van der Waals surface area contributed by atoms with Gasteiger partial charge < -0.3 is 9.80 Å². The van der Waals surface area contributed by atoms with Crippen LogP contribution in [-0.4, -0.2) is 63.0 Å². The van der Waals surface area contributed by atoms with Crippen molar-refractivity contribution in [1.29, 1.82) is 0 Å². The number of rotatable bonds is 18. The molecule has 1 unspecified atom stereocenters. The average Bonchev–Trinajstić information content (AvgIpc) is 4.13. The van der Waals surface area contributed by atoms with Gasteiger partial charge in [-0.3, -0.25) is 4.79 Å². The van der Waals surface area contributed by atoms with Gasteiger partial charge in [-0.2, -0.15) is 0 Å². The Morgan fingerprint density at radius 1 is 0.586 bits per heavy atom. The van der Waals surface area contributed by atoms with E-state index in [-0.39, 0.29) is 33.4 Å². The number of unbranched alkanes of at least 4 members (excludes halogenated alkanes) is 2. The van der Waals surface area contributed by atoms with E-state index in [0.29, 0.717) is 18.7 Å². The van der Waals surface area contributed by atoms with Crippen molar-refractivity contribution in [2.24, 2.45) is 0 Å². The van der Waals surface area contributed by atoms with Gasteiger partial charge in [-0.05, 0) is 130 Å². The molecule has 11 heteroatoms. The van der Waals surface area contributed by atoms with Crippen LogP contribution in [0, 0.1) is 0 Å². The van der Waals surface area contributed by atoms with Gasteiger partial charge in [0.25, 0.3) is 0 Å². The molecule has 0 radical (unpaired) electrons. The van der Waals surface area contributed by atoms with Gasteiger partial charge in [-0.1, -0.05) is 136 Å². The van der Waals surface area contributed by atoms with Gasteiger partial charge in [0.15, 0.2) is 5.78 Å². The lowest BCUT2D eigenvalue weighted by atomic mass is 9.79. The first-order valence-corrected chi connectivity index (χ1v) is 27.0. The molecule has 0 bridgehead atoms. The Labute approximate surface area is 428 Å². The zero-order valence-electron chi connectivity index (χ0n) is 45.1. The number of hydrogen-bond acceptors (Lipinski definition) is 9. The second-order valence-corrected chi connectivity index (χ2v) is 26.2. The van der Waals surface area contributed by atoms with Gasteiger partial charge >= 0.3 is 0 Å². The number of anilines is 2. The molecule has 374 valence electrons. The molecule has 0 saturated heterocycles. The zero-order valence-corrected chi connectivity index (χ0v) is 46.7. The van der Waals surface area contributed by atoms with Crippen molar-refractivity contribution in [3.05, 3.63) is 145 Å². The van der Waals surface area contributed by atoms with E-state index in [9.17, 15) is 4.79 Å². The van der Waals surface area contributed by atoms with Crippen LogP contribution in [0.1, 0.15) is 176 Å². The molecule has 4 heterocycles. The molecule has 2 aromatic carbocycles. The largest absolute Gasteiger partial charge is 0.367 e. The predicted octanol–water partition coefficient (Wildman–Crippen LogP) is 13.9.